The minimum absolute atomic E-state index is 0.264. The van der Waals surface area contributed by atoms with Gasteiger partial charge in [-0.15, -0.1) is 0 Å². The second-order valence-corrected chi connectivity index (χ2v) is 5.39. The standard InChI is InChI=1S/C16H18FN5O2/c1-3-5-12-13(15(23)24-4-2)14(10-6-8-11(17)9-7-10)22-16(18-12)19-20-21-22/h6-9,14H,3-5H2,1-2H3,(H,18,19,21)/t14-/m0/s1. The molecule has 0 saturated carbocycles. The Labute approximate surface area is 138 Å². The number of tetrazole rings is 1. The lowest BCUT2D eigenvalue weighted by molar-refractivity contribution is -0.139. The number of anilines is 1. The Morgan fingerprint density at radius 3 is 2.75 bits per heavy atom. The van der Waals surface area contributed by atoms with E-state index < -0.39 is 12.0 Å². The number of nitrogens with one attached hydrogen (secondary N) is 1. The lowest BCUT2D eigenvalue weighted by Gasteiger charge is -2.28. The third-order valence-electron chi connectivity index (χ3n) is 3.78. The predicted octanol–water partition coefficient (Wildman–Crippen LogP) is 2.44. The first kappa shape index (κ1) is 16.1. The summed E-state index contributed by atoms with van der Waals surface area (Å²) in [6, 6.07) is 5.39. The first-order valence-corrected chi connectivity index (χ1v) is 7.86. The second kappa shape index (κ2) is 6.77. The molecule has 3 rings (SSSR count). The molecule has 8 heteroatoms. The Morgan fingerprint density at radius 2 is 2.08 bits per heavy atom. The van der Waals surface area contributed by atoms with Gasteiger partial charge in [-0.1, -0.05) is 30.6 Å². The van der Waals surface area contributed by atoms with Crippen LogP contribution in [0, 0.1) is 5.82 Å². The summed E-state index contributed by atoms with van der Waals surface area (Å²) in [5.74, 6) is -0.329. The minimum Gasteiger partial charge on any atom is -0.463 e. The van der Waals surface area contributed by atoms with E-state index in [1.807, 2.05) is 6.92 Å². The van der Waals surface area contributed by atoms with Crippen molar-refractivity contribution in [2.45, 2.75) is 32.7 Å². The highest BCUT2D eigenvalue weighted by Gasteiger charge is 2.35. The van der Waals surface area contributed by atoms with Crippen LogP contribution in [0.1, 0.15) is 38.3 Å². The Bertz CT molecular complexity index is 769. The zero-order chi connectivity index (χ0) is 17.1. The van der Waals surface area contributed by atoms with Crippen molar-refractivity contribution in [1.82, 2.24) is 20.2 Å². The van der Waals surface area contributed by atoms with Crippen LogP contribution >= 0.6 is 0 Å². The van der Waals surface area contributed by atoms with Gasteiger partial charge in [0.15, 0.2) is 0 Å². The molecule has 0 amide bonds. The fraction of sp³-hybridized carbons (Fsp3) is 0.375. The van der Waals surface area contributed by atoms with Crippen LogP contribution in [0.25, 0.3) is 0 Å². The molecular formula is C16H18FN5O2. The molecule has 0 unspecified atom stereocenters. The van der Waals surface area contributed by atoms with E-state index in [-0.39, 0.29) is 12.4 Å². The minimum atomic E-state index is -0.558. The van der Waals surface area contributed by atoms with Gasteiger partial charge in [0, 0.05) is 5.70 Å². The quantitative estimate of drug-likeness (QED) is 0.848. The monoisotopic (exact) mass is 331 g/mol. The Hall–Kier alpha value is -2.77. The predicted molar refractivity (Wildman–Crippen MR) is 84.5 cm³/mol. The molecule has 2 heterocycles. The fourth-order valence-electron chi connectivity index (χ4n) is 2.78. The van der Waals surface area contributed by atoms with Crippen molar-refractivity contribution in [2.75, 3.05) is 11.9 Å². The van der Waals surface area contributed by atoms with Gasteiger partial charge in [0.1, 0.15) is 11.9 Å². The third kappa shape index (κ3) is 2.86. The van der Waals surface area contributed by atoms with Gasteiger partial charge in [0.2, 0.25) is 5.95 Å². The number of hydrogen-bond acceptors (Lipinski definition) is 6. The summed E-state index contributed by atoms with van der Waals surface area (Å²) in [5, 5.41) is 14.7. The summed E-state index contributed by atoms with van der Waals surface area (Å²) in [7, 11) is 0. The molecule has 0 saturated heterocycles. The summed E-state index contributed by atoms with van der Waals surface area (Å²) < 4.78 is 20.0. The number of fused-ring (bicyclic) bond motifs is 1. The number of nitrogens with zero attached hydrogens (tertiary/aromatic N) is 4. The van der Waals surface area contributed by atoms with Crippen LogP contribution in [-0.2, 0) is 9.53 Å². The first-order valence-electron chi connectivity index (χ1n) is 7.86. The van der Waals surface area contributed by atoms with E-state index in [4.69, 9.17) is 4.74 Å². The van der Waals surface area contributed by atoms with Gasteiger partial charge in [-0.2, -0.15) is 4.68 Å². The molecule has 1 aliphatic heterocycles. The average Bonchev–Trinajstić information content (AvgIpc) is 3.03. The third-order valence-corrected chi connectivity index (χ3v) is 3.78. The molecule has 0 fully saturated rings. The van der Waals surface area contributed by atoms with Gasteiger partial charge < -0.3 is 10.1 Å². The number of ether oxygens (including phenoxy) is 1. The first-order chi connectivity index (χ1) is 11.7. The van der Waals surface area contributed by atoms with Crippen LogP contribution in [0.4, 0.5) is 10.3 Å². The number of esters is 1. The largest absolute Gasteiger partial charge is 0.463 e. The maximum atomic E-state index is 13.3. The van der Waals surface area contributed by atoms with Crippen molar-refractivity contribution in [3.05, 3.63) is 46.9 Å². The molecule has 0 aliphatic carbocycles. The Kier molecular flexibility index (Phi) is 4.54. The summed E-state index contributed by atoms with van der Waals surface area (Å²) in [4.78, 5) is 12.6. The molecule has 1 aromatic heterocycles. The number of carbonyl (C=O) groups is 1. The lowest BCUT2D eigenvalue weighted by Crippen LogP contribution is -2.30. The van der Waals surface area contributed by atoms with Crippen LogP contribution in [0.5, 0.6) is 0 Å². The van der Waals surface area contributed by atoms with Crippen LogP contribution in [0.3, 0.4) is 0 Å². The number of allylic oxidation sites excluding steroid dienone is 1. The second-order valence-electron chi connectivity index (χ2n) is 5.39. The Balaban J connectivity index is 2.15. The van der Waals surface area contributed by atoms with E-state index in [0.717, 1.165) is 12.1 Å². The van der Waals surface area contributed by atoms with Gasteiger partial charge >= 0.3 is 5.97 Å². The number of rotatable bonds is 5. The van der Waals surface area contributed by atoms with Gasteiger partial charge in [-0.25, -0.2) is 9.18 Å². The number of halogens is 1. The van der Waals surface area contributed by atoms with Crippen LogP contribution < -0.4 is 5.32 Å². The van der Waals surface area contributed by atoms with Crippen molar-refractivity contribution in [3.63, 3.8) is 0 Å². The highest BCUT2D eigenvalue weighted by atomic mass is 19.1. The Morgan fingerprint density at radius 1 is 1.33 bits per heavy atom. The molecule has 126 valence electrons. The van der Waals surface area contributed by atoms with Gasteiger partial charge in [-0.3, -0.25) is 0 Å². The lowest BCUT2D eigenvalue weighted by atomic mass is 9.94. The van der Waals surface area contributed by atoms with E-state index in [1.54, 1.807) is 19.1 Å². The van der Waals surface area contributed by atoms with E-state index in [0.29, 0.717) is 23.5 Å². The molecule has 1 aliphatic rings. The highest BCUT2D eigenvalue weighted by molar-refractivity contribution is 5.92. The van der Waals surface area contributed by atoms with E-state index in [9.17, 15) is 9.18 Å². The van der Waals surface area contributed by atoms with Crippen molar-refractivity contribution in [2.24, 2.45) is 0 Å². The highest BCUT2D eigenvalue weighted by Crippen LogP contribution is 2.36. The molecule has 0 spiro atoms. The van der Waals surface area contributed by atoms with E-state index >= 15 is 0 Å². The normalized spacial score (nSPS) is 16.5. The van der Waals surface area contributed by atoms with Gasteiger partial charge in [0.05, 0.1) is 12.2 Å². The summed E-state index contributed by atoms with van der Waals surface area (Å²) in [6.45, 7) is 4.03. The van der Waals surface area contributed by atoms with Crippen molar-refractivity contribution in [3.8, 4) is 0 Å². The van der Waals surface area contributed by atoms with Gasteiger partial charge in [-0.05, 0) is 41.5 Å². The number of benzene rings is 1. The van der Waals surface area contributed by atoms with E-state index in [2.05, 4.69) is 20.8 Å². The molecule has 24 heavy (non-hydrogen) atoms. The summed E-state index contributed by atoms with van der Waals surface area (Å²) in [6.07, 6.45) is 1.49. The topological polar surface area (TPSA) is 81.9 Å². The van der Waals surface area contributed by atoms with Crippen LogP contribution in [-0.4, -0.2) is 32.8 Å². The smallest absolute Gasteiger partial charge is 0.338 e. The fourth-order valence-corrected chi connectivity index (χ4v) is 2.78. The van der Waals surface area contributed by atoms with Crippen molar-refractivity contribution in [1.29, 1.82) is 0 Å². The van der Waals surface area contributed by atoms with Crippen molar-refractivity contribution < 1.29 is 13.9 Å². The molecular weight excluding hydrogens is 313 g/mol. The number of hydrogen-bond donors (Lipinski definition) is 1. The molecule has 1 aromatic carbocycles. The molecule has 7 nitrogen and oxygen atoms in total. The maximum Gasteiger partial charge on any atom is 0.338 e. The molecule has 1 N–H and O–H groups in total. The summed E-state index contributed by atoms with van der Waals surface area (Å²) >= 11 is 0. The average molecular weight is 331 g/mol. The van der Waals surface area contributed by atoms with Crippen LogP contribution in [0.15, 0.2) is 35.5 Å². The maximum absolute atomic E-state index is 13.3. The zero-order valence-electron chi connectivity index (χ0n) is 13.5. The van der Waals surface area contributed by atoms with E-state index in [1.165, 1.54) is 16.8 Å². The SMILES string of the molecule is CCCC1=C(C(=O)OCC)[C@H](c2ccc(F)cc2)n2nnnc2N1. The number of carbonyl (C=O) groups excluding carboxylic acids is 1. The molecule has 0 radical (unpaired) electrons. The van der Waals surface area contributed by atoms with Crippen LogP contribution in [0.2, 0.25) is 0 Å². The molecule has 1 atom stereocenters. The number of aromatic nitrogens is 4. The summed E-state index contributed by atoms with van der Waals surface area (Å²) in [5.41, 5.74) is 1.89. The zero-order valence-corrected chi connectivity index (χ0v) is 13.5. The van der Waals surface area contributed by atoms with Crippen molar-refractivity contribution >= 4 is 11.9 Å². The molecule has 0 bridgehead atoms. The van der Waals surface area contributed by atoms with Gasteiger partial charge in [0.25, 0.3) is 0 Å². The molecule has 2 aromatic rings.